The fourth-order valence-corrected chi connectivity index (χ4v) is 3.89. The van der Waals surface area contributed by atoms with Crippen LogP contribution in [0.1, 0.15) is 57.4 Å². The number of aliphatic hydroxyl groups excluding tert-OH is 1. The van der Waals surface area contributed by atoms with Crippen LogP contribution in [0.3, 0.4) is 0 Å². The normalized spacial score (nSPS) is 17.1. The Kier molecular flexibility index (Phi) is 8.35. The highest BCUT2D eigenvalue weighted by Gasteiger charge is 2.61. The van der Waals surface area contributed by atoms with E-state index in [0.29, 0.717) is 24.8 Å². The highest BCUT2D eigenvalue weighted by atomic mass is 32.5. The van der Waals surface area contributed by atoms with Gasteiger partial charge in [0, 0.05) is 26.1 Å². The van der Waals surface area contributed by atoms with Gasteiger partial charge in [0.25, 0.3) is 0 Å². The molecule has 0 spiro atoms. The number of ether oxygens (including phenoxy) is 1. The fraction of sp³-hybridized carbons (Fsp3) is 0.524. The lowest BCUT2D eigenvalue weighted by Crippen LogP contribution is -2.27. The number of terminal acetylenes is 1. The van der Waals surface area contributed by atoms with Gasteiger partial charge < -0.3 is 9.84 Å². The van der Waals surface area contributed by atoms with E-state index in [0.717, 1.165) is 0 Å². The molecule has 1 unspecified atom stereocenters. The zero-order chi connectivity index (χ0) is 22.1. The molecule has 2 nitrogen and oxygen atoms in total. The minimum atomic E-state index is -9.75. The summed E-state index contributed by atoms with van der Waals surface area (Å²) in [6.07, 6.45) is 6.94. The summed E-state index contributed by atoms with van der Waals surface area (Å²) < 4.78 is 71.7. The molecule has 0 saturated carbocycles. The number of rotatable bonds is 13. The van der Waals surface area contributed by atoms with E-state index in [4.69, 9.17) is 16.3 Å². The van der Waals surface area contributed by atoms with E-state index < -0.39 is 26.8 Å². The van der Waals surface area contributed by atoms with Crippen molar-refractivity contribution in [2.24, 2.45) is 0 Å². The SMILES string of the molecule is C#CCCCCOC(C)(CC(=CS(F)(F)(F)(F)F)CCCCO)c1ccccc1. The van der Waals surface area contributed by atoms with Gasteiger partial charge in [0.05, 0.1) is 11.0 Å². The highest BCUT2D eigenvalue weighted by molar-refractivity contribution is 8.48. The molecular formula is C21H29F5O2S. The van der Waals surface area contributed by atoms with Crippen LogP contribution in [-0.4, -0.2) is 18.3 Å². The van der Waals surface area contributed by atoms with Crippen LogP contribution < -0.4 is 0 Å². The zero-order valence-electron chi connectivity index (χ0n) is 16.6. The number of halogens is 5. The number of hydrogen-bond donors (Lipinski definition) is 1. The van der Waals surface area contributed by atoms with Gasteiger partial charge in [-0.25, -0.2) is 0 Å². The second-order valence-electron chi connectivity index (χ2n) is 7.27. The topological polar surface area (TPSA) is 29.5 Å². The summed E-state index contributed by atoms with van der Waals surface area (Å²) in [5, 5.41) is 8.10. The Bertz CT molecular complexity index is 710. The summed E-state index contributed by atoms with van der Waals surface area (Å²) >= 11 is 0. The van der Waals surface area contributed by atoms with Gasteiger partial charge in [-0.3, -0.25) is 0 Å². The molecule has 0 aliphatic heterocycles. The van der Waals surface area contributed by atoms with E-state index in [1.807, 2.05) is 0 Å². The van der Waals surface area contributed by atoms with Crippen molar-refractivity contribution in [3.05, 3.63) is 46.9 Å². The third-order valence-corrected chi connectivity index (χ3v) is 5.16. The summed E-state index contributed by atoms with van der Waals surface area (Å²) in [4.78, 5) is 0. The molecule has 0 heterocycles. The molecule has 0 aliphatic rings. The third kappa shape index (κ3) is 11.3. The minimum Gasteiger partial charge on any atom is -0.396 e. The second kappa shape index (κ2) is 9.50. The van der Waals surface area contributed by atoms with Crippen LogP contribution in [0.15, 0.2) is 41.3 Å². The largest absolute Gasteiger partial charge is 0.396 e. The molecule has 1 aromatic rings. The summed E-state index contributed by atoms with van der Waals surface area (Å²) in [6, 6.07) is 8.59. The molecule has 29 heavy (non-hydrogen) atoms. The van der Waals surface area contributed by atoms with E-state index in [1.54, 1.807) is 37.3 Å². The Labute approximate surface area is 169 Å². The molecule has 166 valence electrons. The van der Waals surface area contributed by atoms with Crippen molar-refractivity contribution in [2.45, 2.75) is 57.5 Å². The number of aliphatic hydroxyl groups is 1. The van der Waals surface area contributed by atoms with Gasteiger partial charge >= 0.3 is 10.2 Å². The zero-order valence-corrected chi connectivity index (χ0v) is 17.4. The molecule has 0 bridgehead atoms. The maximum absolute atomic E-state index is 13.2. The molecule has 1 rings (SSSR count). The van der Waals surface area contributed by atoms with Crippen molar-refractivity contribution < 1.29 is 29.3 Å². The van der Waals surface area contributed by atoms with Gasteiger partial charge in [-0.15, -0.1) is 12.3 Å². The molecule has 1 N–H and O–H groups in total. The van der Waals surface area contributed by atoms with E-state index in [2.05, 4.69) is 5.92 Å². The monoisotopic (exact) mass is 440 g/mol. The predicted molar refractivity (Wildman–Crippen MR) is 109 cm³/mol. The highest BCUT2D eigenvalue weighted by Crippen LogP contribution is 2.99. The van der Waals surface area contributed by atoms with Crippen molar-refractivity contribution in [1.82, 2.24) is 0 Å². The van der Waals surface area contributed by atoms with E-state index >= 15 is 0 Å². The molecule has 0 aliphatic carbocycles. The van der Waals surface area contributed by atoms with Crippen LogP contribution in [0, 0.1) is 12.3 Å². The average molecular weight is 441 g/mol. The molecule has 0 aromatic heterocycles. The van der Waals surface area contributed by atoms with Crippen LogP contribution in [0.5, 0.6) is 0 Å². The Morgan fingerprint density at radius 2 is 1.76 bits per heavy atom. The molecule has 0 fully saturated rings. The van der Waals surface area contributed by atoms with E-state index in [9.17, 15) is 19.4 Å². The molecule has 1 atom stereocenters. The van der Waals surface area contributed by atoms with E-state index in [1.165, 1.54) is 0 Å². The first-order chi connectivity index (χ1) is 13.3. The van der Waals surface area contributed by atoms with Crippen LogP contribution in [0.2, 0.25) is 0 Å². The molecule has 0 amide bonds. The van der Waals surface area contributed by atoms with Gasteiger partial charge in [-0.1, -0.05) is 55.3 Å². The lowest BCUT2D eigenvalue weighted by atomic mass is 9.87. The lowest BCUT2D eigenvalue weighted by Gasteiger charge is -2.39. The maximum atomic E-state index is 13.2. The van der Waals surface area contributed by atoms with Crippen molar-refractivity contribution in [2.75, 3.05) is 13.2 Å². The first-order valence-electron chi connectivity index (χ1n) is 9.47. The summed E-state index contributed by atoms with van der Waals surface area (Å²) in [5.74, 6) is 2.50. The number of hydrogen-bond acceptors (Lipinski definition) is 2. The molecule has 8 heteroatoms. The molecule has 0 saturated heterocycles. The third-order valence-electron chi connectivity index (χ3n) is 4.38. The predicted octanol–water partition coefficient (Wildman–Crippen LogP) is 7.46. The summed E-state index contributed by atoms with van der Waals surface area (Å²) in [6.45, 7) is 1.63. The first kappa shape index (κ1) is 25.5. The van der Waals surface area contributed by atoms with Gasteiger partial charge in [-0.2, -0.15) is 0 Å². The summed E-state index contributed by atoms with van der Waals surface area (Å²) in [7, 11) is -9.75. The Morgan fingerprint density at radius 3 is 2.31 bits per heavy atom. The average Bonchev–Trinajstić information content (AvgIpc) is 2.60. The maximum Gasteiger partial charge on any atom is 0.304 e. The quantitative estimate of drug-likeness (QED) is 0.196. The van der Waals surface area contributed by atoms with Gasteiger partial charge in [-0.05, 0) is 44.6 Å². The number of benzene rings is 1. The van der Waals surface area contributed by atoms with Crippen molar-refractivity contribution in [3.8, 4) is 12.3 Å². The molecular weight excluding hydrogens is 411 g/mol. The van der Waals surface area contributed by atoms with Crippen LogP contribution in [0.4, 0.5) is 19.4 Å². The van der Waals surface area contributed by atoms with Crippen LogP contribution in [0.25, 0.3) is 0 Å². The van der Waals surface area contributed by atoms with E-state index in [-0.39, 0.29) is 38.9 Å². The Balaban J connectivity index is 3.16. The molecule has 0 radical (unpaired) electrons. The summed E-state index contributed by atoms with van der Waals surface area (Å²) in [5.41, 5.74) is -1.04. The Hall–Kier alpha value is -1.56. The Morgan fingerprint density at radius 1 is 1.10 bits per heavy atom. The fourth-order valence-electron chi connectivity index (χ4n) is 3.05. The van der Waals surface area contributed by atoms with Crippen molar-refractivity contribution in [3.63, 3.8) is 0 Å². The van der Waals surface area contributed by atoms with Crippen molar-refractivity contribution >= 4 is 10.2 Å². The van der Waals surface area contributed by atoms with Gasteiger partial charge in [0.2, 0.25) is 0 Å². The standard InChI is InChI=1S/C21H29F5O2S/c1-3-4-5-11-16-28-21(2,20-13-7-6-8-14-20)17-19(12-9-10-15-27)18-29(22,23,24,25)26/h1,6-8,13-14,18,27H,4-5,9-12,15-17H2,2H3. The van der Waals surface area contributed by atoms with Crippen molar-refractivity contribution in [1.29, 1.82) is 0 Å². The lowest BCUT2D eigenvalue weighted by molar-refractivity contribution is -0.0380. The smallest absolute Gasteiger partial charge is 0.304 e. The van der Waals surface area contributed by atoms with Gasteiger partial charge in [0.15, 0.2) is 0 Å². The first-order valence-corrected chi connectivity index (χ1v) is 11.5. The van der Waals surface area contributed by atoms with Gasteiger partial charge in [0.1, 0.15) is 0 Å². The van der Waals surface area contributed by atoms with Crippen LogP contribution in [-0.2, 0) is 10.3 Å². The van der Waals surface area contributed by atoms with Crippen LogP contribution >= 0.6 is 10.2 Å². The second-order valence-corrected chi connectivity index (χ2v) is 9.56. The molecule has 1 aromatic carbocycles. The number of unbranched alkanes of at least 4 members (excludes halogenated alkanes) is 3. The minimum absolute atomic E-state index is 0.170.